The van der Waals surface area contributed by atoms with Gasteiger partial charge in [-0.2, -0.15) is 0 Å². The van der Waals surface area contributed by atoms with Crippen molar-refractivity contribution in [3.63, 3.8) is 0 Å². The van der Waals surface area contributed by atoms with Gasteiger partial charge in [-0.1, -0.05) is 13.8 Å². The normalized spacial score (nSPS) is 32.4. The van der Waals surface area contributed by atoms with Gasteiger partial charge in [0.15, 0.2) is 0 Å². The molecule has 1 aromatic rings. The highest BCUT2D eigenvalue weighted by Crippen LogP contribution is 2.40. The number of rotatable bonds is 2. The maximum atomic E-state index is 6.39. The van der Waals surface area contributed by atoms with E-state index in [0.29, 0.717) is 0 Å². The maximum Gasteiger partial charge on any atom is 0.113 e. The summed E-state index contributed by atoms with van der Waals surface area (Å²) >= 11 is 1.74. The molecule has 2 N–H and O–H groups in total. The van der Waals surface area contributed by atoms with Crippen LogP contribution in [-0.4, -0.2) is 4.98 Å². The molecule has 2 rings (SSSR count). The Kier molecular flexibility index (Phi) is 2.62. The highest BCUT2D eigenvalue weighted by molar-refractivity contribution is 7.09. The van der Waals surface area contributed by atoms with E-state index in [1.165, 1.54) is 12.1 Å². The van der Waals surface area contributed by atoms with E-state index >= 15 is 0 Å². The lowest BCUT2D eigenvalue weighted by Crippen LogP contribution is -2.33. The van der Waals surface area contributed by atoms with Crippen LogP contribution in [0.3, 0.4) is 0 Å². The van der Waals surface area contributed by atoms with Gasteiger partial charge < -0.3 is 5.73 Å². The summed E-state index contributed by atoms with van der Waals surface area (Å²) in [4.78, 5) is 4.61. The first-order chi connectivity index (χ1) is 6.64. The number of hydrogen-bond acceptors (Lipinski definition) is 3. The van der Waals surface area contributed by atoms with Crippen molar-refractivity contribution >= 4 is 11.3 Å². The van der Waals surface area contributed by atoms with Crippen molar-refractivity contribution in [1.82, 2.24) is 4.98 Å². The van der Waals surface area contributed by atoms with Crippen molar-refractivity contribution in [3.8, 4) is 0 Å². The summed E-state index contributed by atoms with van der Waals surface area (Å²) in [5.41, 5.74) is 7.46. The Bertz CT molecular complexity index is 321. The van der Waals surface area contributed by atoms with Crippen molar-refractivity contribution in [2.45, 2.75) is 45.1 Å². The Morgan fingerprint density at radius 2 is 2.50 bits per heavy atom. The second-order valence-corrected chi connectivity index (χ2v) is 5.36. The third kappa shape index (κ3) is 1.71. The Balaban J connectivity index is 2.21. The van der Waals surface area contributed by atoms with Crippen LogP contribution in [0.2, 0.25) is 0 Å². The fraction of sp³-hybridized carbons (Fsp3) is 0.727. The van der Waals surface area contributed by atoms with Crippen molar-refractivity contribution in [1.29, 1.82) is 0 Å². The molecule has 2 nitrogen and oxygen atoms in total. The SMILES string of the molecule is CCc1csc(C2(N)CCC(C)C2)n1. The molecule has 2 unspecified atom stereocenters. The average molecular weight is 210 g/mol. The van der Waals surface area contributed by atoms with Gasteiger partial charge in [-0.25, -0.2) is 4.98 Å². The third-order valence-electron chi connectivity index (χ3n) is 3.14. The number of hydrogen-bond donors (Lipinski definition) is 1. The van der Waals surface area contributed by atoms with E-state index in [2.05, 4.69) is 24.2 Å². The van der Waals surface area contributed by atoms with E-state index in [0.717, 1.165) is 30.2 Å². The standard InChI is InChI=1S/C11H18N2S/c1-3-9-7-14-10(13-9)11(12)5-4-8(2)6-11/h7-8H,3-6,12H2,1-2H3. The summed E-state index contributed by atoms with van der Waals surface area (Å²) in [7, 11) is 0. The van der Waals surface area contributed by atoms with Gasteiger partial charge in [0.05, 0.1) is 11.2 Å². The monoisotopic (exact) mass is 210 g/mol. The zero-order chi connectivity index (χ0) is 10.2. The molecule has 3 heteroatoms. The molecule has 1 aromatic heterocycles. The molecule has 1 aliphatic rings. The number of nitrogens with two attached hydrogens (primary N) is 1. The molecule has 0 aliphatic heterocycles. The van der Waals surface area contributed by atoms with Crippen LogP contribution in [0.1, 0.15) is 43.8 Å². The molecular weight excluding hydrogens is 192 g/mol. The molecule has 78 valence electrons. The minimum Gasteiger partial charge on any atom is -0.319 e. The molecule has 0 aromatic carbocycles. The van der Waals surface area contributed by atoms with E-state index in [-0.39, 0.29) is 5.54 Å². The van der Waals surface area contributed by atoms with Crippen LogP contribution in [0.5, 0.6) is 0 Å². The molecule has 0 bridgehead atoms. The molecule has 0 amide bonds. The van der Waals surface area contributed by atoms with Crippen molar-refractivity contribution in [2.24, 2.45) is 11.7 Å². The predicted octanol–water partition coefficient (Wildman–Crippen LogP) is 2.68. The summed E-state index contributed by atoms with van der Waals surface area (Å²) in [5.74, 6) is 0.758. The largest absolute Gasteiger partial charge is 0.319 e. The number of aromatic nitrogens is 1. The lowest BCUT2D eigenvalue weighted by atomic mass is 9.99. The Labute approximate surface area is 89.5 Å². The topological polar surface area (TPSA) is 38.9 Å². The molecule has 2 atom stereocenters. The number of nitrogens with zero attached hydrogens (tertiary/aromatic N) is 1. The summed E-state index contributed by atoms with van der Waals surface area (Å²) in [6.45, 7) is 4.42. The second kappa shape index (κ2) is 3.63. The molecule has 14 heavy (non-hydrogen) atoms. The third-order valence-corrected chi connectivity index (χ3v) is 4.25. The molecular formula is C11H18N2S. The van der Waals surface area contributed by atoms with E-state index in [4.69, 9.17) is 5.73 Å². The summed E-state index contributed by atoms with van der Waals surface area (Å²) in [6.07, 6.45) is 4.47. The van der Waals surface area contributed by atoms with E-state index in [9.17, 15) is 0 Å². The maximum absolute atomic E-state index is 6.39. The number of thiazole rings is 1. The van der Waals surface area contributed by atoms with Gasteiger partial charge in [-0.15, -0.1) is 11.3 Å². The number of aryl methyl sites for hydroxylation is 1. The van der Waals surface area contributed by atoms with Crippen LogP contribution in [0.15, 0.2) is 5.38 Å². The minimum absolute atomic E-state index is 0.114. The first kappa shape index (κ1) is 10.1. The molecule has 1 saturated carbocycles. The van der Waals surface area contributed by atoms with Gasteiger partial charge in [0, 0.05) is 5.38 Å². The average Bonchev–Trinajstić information content (AvgIpc) is 2.73. The van der Waals surface area contributed by atoms with Crippen LogP contribution in [0.4, 0.5) is 0 Å². The Hall–Kier alpha value is -0.410. The lowest BCUT2D eigenvalue weighted by molar-refractivity contribution is 0.437. The summed E-state index contributed by atoms with van der Waals surface area (Å²) < 4.78 is 0. The molecule has 1 heterocycles. The lowest BCUT2D eigenvalue weighted by Gasteiger charge is -2.20. The van der Waals surface area contributed by atoms with Gasteiger partial charge in [-0.3, -0.25) is 0 Å². The smallest absolute Gasteiger partial charge is 0.113 e. The highest BCUT2D eigenvalue weighted by atomic mass is 32.1. The van der Waals surface area contributed by atoms with Crippen LogP contribution in [0, 0.1) is 5.92 Å². The van der Waals surface area contributed by atoms with Gasteiger partial charge in [0.1, 0.15) is 5.01 Å². The zero-order valence-corrected chi connectivity index (χ0v) is 9.73. The van der Waals surface area contributed by atoms with Gasteiger partial charge >= 0.3 is 0 Å². The van der Waals surface area contributed by atoms with Crippen molar-refractivity contribution in [3.05, 3.63) is 16.1 Å². The van der Waals surface area contributed by atoms with Crippen LogP contribution in [-0.2, 0) is 12.0 Å². The van der Waals surface area contributed by atoms with Gasteiger partial charge in [-0.05, 0) is 31.6 Å². The minimum atomic E-state index is -0.114. The van der Waals surface area contributed by atoms with E-state index in [1.807, 2.05) is 0 Å². The summed E-state index contributed by atoms with van der Waals surface area (Å²) in [5, 5.41) is 3.30. The van der Waals surface area contributed by atoms with E-state index in [1.54, 1.807) is 11.3 Å². The van der Waals surface area contributed by atoms with Crippen LogP contribution < -0.4 is 5.73 Å². The molecule has 0 spiro atoms. The van der Waals surface area contributed by atoms with Gasteiger partial charge in [0.2, 0.25) is 0 Å². The molecule has 0 radical (unpaired) electrons. The second-order valence-electron chi connectivity index (χ2n) is 4.50. The van der Waals surface area contributed by atoms with Crippen LogP contribution in [0.25, 0.3) is 0 Å². The first-order valence-electron chi connectivity index (χ1n) is 5.38. The van der Waals surface area contributed by atoms with Crippen molar-refractivity contribution < 1.29 is 0 Å². The first-order valence-corrected chi connectivity index (χ1v) is 6.26. The predicted molar refractivity (Wildman–Crippen MR) is 60.4 cm³/mol. The van der Waals surface area contributed by atoms with Gasteiger partial charge in [0.25, 0.3) is 0 Å². The van der Waals surface area contributed by atoms with E-state index < -0.39 is 0 Å². The molecule has 0 saturated heterocycles. The summed E-state index contributed by atoms with van der Waals surface area (Å²) in [6, 6.07) is 0. The molecule has 1 aliphatic carbocycles. The zero-order valence-electron chi connectivity index (χ0n) is 8.92. The Morgan fingerprint density at radius 3 is 3.00 bits per heavy atom. The fourth-order valence-corrected chi connectivity index (χ4v) is 3.28. The fourth-order valence-electron chi connectivity index (χ4n) is 2.22. The molecule has 1 fully saturated rings. The highest BCUT2D eigenvalue weighted by Gasteiger charge is 2.37. The van der Waals surface area contributed by atoms with Crippen LogP contribution >= 0.6 is 11.3 Å². The quantitative estimate of drug-likeness (QED) is 0.815. The Morgan fingerprint density at radius 1 is 1.71 bits per heavy atom. The van der Waals surface area contributed by atoms with Crippen molar-refractivity contribution in [2.75, 3.05) is 0 Å².